The summed E-state index contributed by atoms with van der Waals surface area (Å²) in [6.45, 7) is 4.52. The van der Waals surface area contributed by atoms with E-state index in [1.807, 2.05) is 0 Å². The van der Waals surface area contributed by atoms with Gasteiger partial charge in [0.1, 0.15) is 5.76 Å². The van der Waals surface area contributed by atoms with Crippen LogP contribution in [-0.2, 0) is 9.47 Å². The van der Waals surface area contributed by atoms with Crippen molar-refractivity contribution < 1.29 is 18.8 Å². The Morgan fingerprint density at radius 2 is 1.91 bits per heavy atom. The van der Waals surface area contributed by atoms with Crippen LogP contribution in [0.5, 0.6) is 0 Å². The molecule has 3 heterocycles. The molecule has 0 bridgehead atoms. The van der Waals surface area contributed by atoms with E-state index < -0.39 is 0 Å². The highest BCUT2D eigenvalue weighted by Gasteiger charge is 2.27. The minimum absolute atomic E-state index is 0.117. The number of ether oxygens (including phenoxy) is 2. The number of carbonyl (C=O) groups is 1. The van der Waals surface area contributed by atoms with Crippen LogP contribution in [0, 0.1) is 6.92 Å². The minimum Gasteiger partial charge on any atom is -0.376 e. The lowest BCUT2D eigenvalue weighted by Gasteiger charge is -2.27. The molecule has 0 aromatic carbocycles. The summed E-state index contributed by atoms with van der Waals surface area (Å²) >= 11 is 0. The van der Waals surface area contributed by atoms with Gasteiger partial charge in [0.05, 0.1) is 12.2 Å². The van der Waals surface area contributed by atoms with Gasteiger partial charge in [-0.1, -0.05) is 5.16 Å². The van der Waals surface area contributed by atoms with Crippen molar-refractivity contribution >= 4 is 11.8 Å². The number of rotatable bonds is 5. The van der Waals surface area contributed by atoms with E-state index in [0.29, 0.717) is 24.7 Å². The number of nitrogens with one attached hydrogen (secondary N) is 1. The normalized spacial score (nSPS) is 24.6. The molecule has 2 aliphatic heterocycles. The molecular weight excluding hydrogens is 286 g/mol. The summed E-state index contributed by atoms with van der Waals surface area (Å²) in [5, 5.41) is 6.59. The van der Waals surface area contributed by atoms with Gasteiger partial charge in [0.15, 0.2) is 5.82 Å². The van der Waals surface area contributed by atoms with E-state index >= 15 is 0 Å². The van der Waals surface area contributed by atoms with Crippen LogP contribution in [0.2, 0.25) is 0 Å². The zero-order valence-electron chi connectivity index (χ0n) is 12.9. The second-order valence-electron chi connectivity index (χ2n) is 5.93. The zero-order chi connectivity index (χ0) is 15.4. The van der Waals surface area contributed by atoms with E-state index in [0.717, 1.165) is 38.9 Å². The first-order chi connectivity index (χ1) is 10.7. The van der Waals surface area contributed by atoms with Gasteiger partial charge in [0.2, 0.25) is 0 Å². The quantitative estimate of drug-likeness (QED) is 0.902. The van der Waals surface area contributed by atoms with Gasteiger partial charge in [-0.05, 0) is 32.6 Å². The Hall–Kier alpha value is -1.60. The van der Waals surface area contributed by atoms with E-state index in [-0.39, 0.29) is 18.2 Å². The number of hydrogen-bond acceptors (Lipinski definition) is 5. The molecule has 2 fully saturated rings. The summed E-state index contributed by atoms with van der Waals surface area (Å²) in [4.78, 5) is 14.3. The fraction of sp³-hybridized carbons (Fsp3) is 0.733. The first-order valence-electron chi connectivity index (χ1n) is 7.93. The standard InChI is InChI=1S/C15H23N3O4/c1-11-8-14(17-22-11)16-15(19)18(9-12-4-2-6-20-12)10-13-5-3-7-21-13/h8,12-13H,2-7,9-10H2,1H3,(H,16,17,19)/t12-,13-/m0/s1. The lowest BCUT2D eigenvalue weighted by atomic mass is 10.2. The van der Waals surface area contributed by atoms with Crippen LogP contribution in [0.4, 0.5) is 10.6 Å². The smallest absolute Gasteiger partial charge is 0.323 e. The van der Waals surface area contributed by atoms with Crippen LogP contribution in [0.25, 0.3) is 0 Å². The van der Waals surface area contributed by atoms with Crippen LogP contribution in [-0.4, -0.2) is 54.6 Å². The number of anilines is 1. The number of aryl methyl sites for hydroxylation is 1. The SMILES string of the molecule is Cc1cc(NC(=O)N(C[C@@H]2CCCO2)C[C@@H]2CCCO2)no1. The summed E-state index contributed by atoms with van der Waals surface area (Å²) in [7, 11) is 0. The summed E-state index contributed by atoms with van der Waals surface area (Å²) in [6, 6.07) is 1.52. The Bertz CT molecular complexity index is 475. The van der Waals surface area contributed by atoms with E-state index in [2.05, 4.69) is 10.5 Å². The molecule has 2 atom stereocenters. The predicted octanol–water partition coefficient (Wildman–Crippen LogP) is 2.17. The molecule has 0 unspecified atom stereocenters. The molecular formula is C15H23N3O4. The highest BCUT2D eigenvalue weighted by molar-refractivity contribution is 5.88. The van der Waals surface area contributed by atoms with Gasteiger partial charge < -0.3 is 18.9 Å². The molecule has 2 saturated heterocycles. The highest BCUT2D eigenvalue weighted by atomic mass is 16.5. The molecule has 7 heteroatoms. The van der Waals surface area contributed by atoms with Gasteiger partial charge in [-0.3, -0.25) is 5.32 Å². The van der Waals surface area contributed by atoms with Gasteiger partial charge in [0, 0.05) is 32.4 Å². The van der Waals surface area contributed by atoms with Crippen molar-refractivity contribution in [2.24, 2.45) is 0 Å². The first kappa shape index (κ1) is 15.3. The van der Waals surface area contributed by atoms with Crippen molar-refractivity contribution in [1.82, 2.24) is 10.1 Å². The maximum Gasteiger partial charge on any atom is 0.323 e. The third-order valence-corrected chi connectivity index (χ3v) is 4.05. The first-order valence-corrected chi connectivity index (χ1v) is 7.93. The van der Waals surface area contributed by atoms with E-state index in [1.54, 1.807) is 17.9 Å². The van der Waals surface area contributed by atoms with Gasteiger partial charge in [-0.2, -0.15) is 0 Å². The topological polar surface area (TPSA) is 76.8 Å². The molecule has 1 aromatic rings. The number of aromatic nitrogens is 1. The molecule has 0 radical (unpaired) electrons. The third kappa shape index (κ3) is 3.98. The fourth-order valence-corrected chi connectivity index (χ4v) is 2.92. The average Bonchev–Trinajstić information content (AvgIpc) is 3.21. The number of hydrogen-bond donors (Lipinski definition) is 1. The Labute approximate surface area is 129 Å². The van der Waals surface area contributed by atoms with Crippen molar-refractivity contribution in [3.8, 4) is 0 Å². The minimum atomic E-state index is -0.181. The highest BCUT2D eigenvalue weighted by Crippen LogP contribution is 2.18. The van der Waals surface area contributed by atoms with Crippen LogP contribution in [0.3, 0.4) is 0 Å². The number of urea groups is 1. The molecule has 0 spiro atoms. The largest absolute Gasteiger partial charge is 0.376 e. The summed E-state index contributed by atoms with van der Waals surface area (Å²) in [6.07, 6.45) is 4.35. The second-order valence-corrected chi connectivity index (χ2v) is 5.93. The van der Waals surface area contributed by atoms with Crippen LogP contribution in [0.15, 0.2) is 10.6 Å². The molecule has 2 aliphatic rings. The molecule has 22 heavy (non-hydrogen) atoms. The van der Waals surface area contributed by atoms with E-state index in [1.165, 1.54) is 0 Å². The fourth-order valence-electron chi connectivity index (χ4n) is 2.92. The monoisotopic (exact) mass is 309 g/mol. The van der Waals surface area contributed by atoms with Crippen molar-refractivity contribution in [3.05, 3.63) is 11.8 Å². The van der Waals surface area contributed by atoms with Crippen molar-refractivity contribution in [1.29, 1.82) is 0 Å². The molecule has 1 aromatic heterocycles. The number of carbonyl (C=O) groups excluding carboxylic acids is 1. The van der Waals surface area contributed by atoms with Crippen LogP contribution in [0.1, 0.15) is 31.4 Å². The third-order valence-electron chi connectivity index (χ3n) is 4.05. The van der Waals surface area contributed by atoms with Crippen molar-refractivity contribution in [2.75, 3.05) is 31.6 Å². The predicted molar refractivity (Wildman–Crippen MR) is 79.8 cm³/mol. The Morgan fingerprint density at radius 3 is 2.36 bits per heavy atom. The van der Waals surface area contributed by atoms with E-state index in [4.69, 9.17) is 14.0 Å². The zero-order valence-corrected chi connectivity index (χ0v) is 12.9. The Kier molecular flexibility index (Phi) is 4.94. The Balaban J connectivity index is 1.61. The maximum atomic E-state index is 12.5. The van der Waals surface area contributed by atoms with Crippen LogP contribution < -0.4 is 5.32 Å². The number of amides is 2. The average molecular weight is 309 g/mol. The summed E-state index contributed by atoms with van der Waals surface area (Å²) in [5.74, 6) is 1.10. The molecule has 0 aliphatic carbocycles. The Morgan fingerprint density at radius 1 is 1.27 bits per heavy atom. The van der Waals surface area contributed by atoms with Crippen molar-refractivity contribution in [2.45, 2.75) is 44.8 Å². The summed E-state index contributed by atoms with van der Waals surface area (Å²) in [5.41, 5.74) is 0. The lowest BCUT2D eigenvalue weighted by Crippen LogP contribution is -2.44. The molecule has 3 rings (SSSR count). The van der Waals surface area contributed by atoms with Gasteiger partial charge >= 0.3 is 6.03 Å². The molecule has 0 saturated carbocycles. The maximum absolute atomic E-state index is 12.5. The van der Waals surface area contributed by atoms with Gasteiger partial charge in [-0.15, -0.1) is 0 Å². The molecule has 122 valence electrons. The molecule has 7 nitrogen and oxygen atoms in total. The van der Waals surface area contributed by atoms with Gasteiger partial charge in [0.25, 0.3) is 0 Å². The molecule has 1 N–H and O–H groups in total. The van der Waals surface area contributed by atoms with E-state index in [9.17, 15) is 4.79 Å². The van der Waals surface area contributed by atoms with Crippen molar-refractivity contribution in [3.63, 3.8) is 0 Å². The van der Waals surface area contributed by atoms with Gasteiger partial charge in [-0.25, -0.2) is 4.79 Å². The molecule has 2 amide bonds. The van der Waals surface area contributed by atoms with Crippen LogP contribution >= 0.6 is 0 Å². The number of nitrogens with zero attached hydrogens (tertiary/aromatic N) is 2. The summed E-state index contributed by atoms with van der Waals surface area (Å²) < 4.78 is 16.3. The second kappa shape index (κ2) is 7.11. The lowest BCUT2D eigenvalue weighted by molar-refractivity contribution is 0.0524.